The predicted molar refractivity (Wildman–Crippen MR) is 84.5 cm³/mol. The second-order valence-corrected chi connectivity index (χ2v) is 5.06. The molecule has 0 aliphatic carbocycles. The van der Waals surface area contributed by atoms with Crippen LogP contribution in [0.25, 0.3) is 11.3 Å². The van der Waals surface area contributed by atoms with E-state index in [1.807, 2.05) is 30.3 Å². The molecule has 2 aromatic carbocycles. The van der Waals surface area contributed by atoms with E-state index in [0.717, 1.165) is 11.3 Å². The van der Waals surface area contributed by atoms with Crippen molar-refractivity contribution >= 4 is 11.7 Å². The fourth-order valence-electron chi connectivity index (χ4n) is 2.38. The SMILES string of the molecule is O=C(Nc1cc(-c2ccccc2)[nH]n1)c1ccc2c(c1)OCO2. The molecule has 1 aromatic heterocycles. The number of aromatic amines is 1. The second-order valence-electron chi connectivity index (χ2n) is 5.06. The third-order valence-corrected chi connectivity index (χ3v) is 3.54. The van der Waals surface area contributed by atoms with Crippen molar-refractivity contribution in [1.29, 1.82) is 0 Å². The highest BCUT2D eigenvalue weighted by molar-refractivity contribution is 6.04. The maximum Gasteiger partial charge on any atom is 0.257 e. The molecule has 1 amide bonds. The highest BCUT2D eigenvalue weighted by atomic mass is 16.7. The zero-order valence-electron chi connectivity index (χ0n) is 12.1. The Morgan fingerprint density at radius 3 is 2.74 bits per heavy atom. The number of anilines is 1. The maximum atomic E-state index is 12.3. The lowest BCUT2D eigenvalue weighted by atomic mass is 10.1. The Morgan fingerprint density at radius 2 is 1.87 bits per heavy atom. The van der Waals surface area contributed by atoms with Gasteiger partial charge < -0.3 is 14.8 Å². The number of carbonyl (C=O) groups excluding carboxylic acids is 1. The Labute approximate surface area is 132 Å². The molecule has 0 saturated carbocycles. The minimum atomic E-state index is -0.255. The number of nitrogens with zero attached hydrogens (tertiary/aromatic N) is 1. The molecule has 0 bridgehead atoms. The first-order chi connectivity index (χ1) is 11.3. The average Bonchev–Trinajstić information content (AvgIpc) is 3.24. The van der Waals surface area contributed by atoms with Gasteiger partial charge in [0.25, 0.3) is 5.91 Å². The summed E-state index contributed by atoms with van der Waals surface area (Å²) < 4.78 is 10.5. The van der Waals surface area contributed by atoms with E-state index in [4.69, 9.17) is 9.47 Å². The van der Waals surface area contributed by atoms with Crippen molar-refractivity contribution in [3.8, 4) is 22.8 Å². The minimum Gasteiger partial charge on any atom is -0.454 e. The van der Waals surface area contributed by atoms with Crippen molar-refractivity contribution in [2.24, 2.45) is 0 Å². The molecule has 4 rings (SSSR count). The van der Waals surface area contributed by atoms with Gasteiger partial charge in [0.1, 0.15) is 0 Å². The van der Waals surface area contributed by atoms with Crippen LogP contribution in [0.2, 0.25) is 0 Å². The molecule has 3 aromatic rings. The van der Waals surface area contributed by atoms with Crippen LogP contribution >= 0.6 is 0 Å². The Hall–Kier alpha value is -3.28. The van der Waals surface area contributed by atoms with E-state index in [1.54, 1.807) is 24.3 Å². The van der Waals surface area contributed by atoms with Crippen molar-refractivity contribution in [3.63, 3.8) is 0 Å². The van der Waals surface area contributed by atoms with E-state index in [2.05, 4.69) is 15.5 Å². The Kier molecular flexibility index (Phi) is 3.20. The zero-order chi connectivity index (χ0) is 15.6. The van der Waals surface area contributed by atoms with Gasteiger partial charge in [-0.25, -0.2) is 0 Å². The molecule has 0 spiro atoms. The minimum absolute atomic E-state index is 0.181. The molecule has 1 aliphatic rings. The van der Waals surface area contributed by atoms with Crippen LogP contribution < -0.4 is 14.8 Å². The lowest BCUT2D eigenvalue weighted by Gasteiger charge is -2.03. The van der Waals surface area contributed by atoms with Crippen LogP contribution in [0.1, 0.15) is 10.4 Å². The predicted octanol–water partition coefficient (Wildman–Crippen LogP) is 3.06. The molecule has 2 N–H and O–H groups in total. The van der Waals surface area contributed by atoms with E-state index in [-0.39, 0.29) is 12.7 Å². The lowest BCUT2D eigenvalue weighted by Crippen LogP contribution is -2.12. The highest BCUT2D eigenvalue weighted by Gasteiger charge is 2.17. The van der Waals surface area contributed by atoms with Crippen LogP contribution in [0.4, 0.5) is 5.82 Å². The number of hydrogen-bond donors (Lipinski definition) is 2. The maximum absolute atomic E-state index is 12.3. The first-order valence-corrected chi connectivity index (χ1v) is 7.11. The lowest BCUT2D eigenvalue weighted by molar-refractivity contribution is 0.102. The second kappa shape index (κ2) is 5.49. The van der Waals surface area contributed by atoms with Crippen LogP contribution in [0.5, 0.6) is 11.5 Å². The largest absolute Gasteiger partial charge is 0.454 e. The molecule has 6 heteroatoms. The van der Waals surface area contributed by atoms with Crippen molar-refractivity contribution in [2.75, 3.05) is 12.1 Å². The van der Waals surface area contributed by atoms with Crippen molar-refractivity contribution < 1.29 is 14.3 Å². The number of ether oxygens (including phenoxy) is 2. The number of rotatable bonds is 3. The van der Waals surface area contributed by atoms with Crippen molar-refractivity contribution in [2.45, 2.75) is 0 Å². The number of nitrogens with one attached hydrogen (secondary N) is 2. The number of benzene rings is 2. The highest BCUT2D eigenvalue weighted by Crippen LogP contribution is 2.32. The number of fused-ring (bicyclic) bond motifs is 1. The monoisotopic (exact) mass is 307 g/mol. The normalized spacial score (nSPS) is 12.2. The van der Waals surface area contributed by atoms with Gasteiger partial charge in [-0.2, -0.15) is 5.10 Å². The van der Waals surface area contributed by atoms with Crippen LogP contribution in [0.15, 0.2) is 54.6 Å². The van der Waals surface area contributed by atoms with E-state index >= 15 is 0 Å². The fraction of sp³-hybridized carbons (Fsp3) is 0.0588. The van der Waals surface area contributed by atoms with Gasteiger partial charge in [0.05, 0.1) is 5.69 Å². The molecule has 114 valence electrons. The summed E-state index contributed by atoms with van der Waals surface area (Å²) in [5, 5.41) is 9.79. The first-order valence-electron chi connectivity index (χ1n) is 7.11. The van der Waals surface area contributed by atoms with E-state index in [0.29, 0.717) is 22.9 Å². The topological polar surface area (TPSA) is 76.2 Å². The first kappa shape index (κ1) is 13.4. The molecule has 0 unspecified atom stereocenters. The van der Waals surface area contributed by atoms with Crippen molar-refractivity contribution in [1.82, 2.24) is 10.2 Å². The van der Waals surface area contributed by atoms with E-state index in [9.17, 15) is 4.79 Å². The summed E-state index contributed by atoms with van der Waals surface area (Å²) in [5.41, 5.74) is 2.33. The molecule has 6 nitrogen and oxygen atoms in total. The molecule has 2 heterocycles. The van der Waals surface area contributed by atoms with E-state index in [1.165, 1.54) is 0 Å². The van der Waals surface area contributed by atoms with Gasteiger partial charge >= 0.3 is 0 Å². The number of carbonyl (C=O) groups is 1. The van der Waals surface area contributed by atoms with Crippen molar-refractivity contribution in [3.05, 3.63) is 60.2 Å². The van der Waals surface area contributed by atoms with Gasteiger partial charge in [-0.05, 0) is 23.8 Å². The van der Waals surface area contributed by atoms with Gasteiger partial charge in [-0.15, -0.1) is 0 Å². The molecule has 0 radical (unpaired) electrons. The molecule has 0 atom stereocenters. The molecule has 1 aliphatic heterocycles. The summed E-state index contributed by atoms with van der Waals surface area (Å²) in [7, 11) is 0. The quantitative estimate of drug-likeness (QED) is 0.779. The number of H-pyrrole nitrogens is 1. The Balaban J connectivity index is 1.52. The number of aromatic nitrogens is 2. The molecule has 0 saturated heterocycles. The summed E-state index contributed by atoms with van der Waals surface area (Å²) in [6, 6.07) is 16.6. The summed E-state index contributed by atoms with van der Waals surface area (Å²) in [6.45, 7) is 0.181. The fourth-order valence-corrected chi connectivity index (χ4v) is 2.38. The third kappa shape index (κ3) is 2.62. The summed E-state index contributed by atoms with van der Waals surface area (Å²) >= 11 is 0. The Bertz CT molecular complexity index is 859. The number of amides is 1. The summed E-state index contributed by atoms with van der Waals surface area (Å²) in [6.07, 6.45) is 0. The van der Waals surface area contributed by atoms with Crippen LogP contribution in [-0.2, 0) is 0 Å². The summed E-state index contributed by atoms with van der Waals surface area (Å²) in [4.78, 5) is 12.3. The van der Waals surface area contributed by atoms with Crippen LogP contribution in [0, 0.1) is 0 Å². The smallest absolute Gasteiger partial charge is 0.257 e. The van der Waals surface area contributed by atoms with Gasteiger partial charge in [0.2, 0.25) is 6.79 Å². The van der Waals surface area contributed by atoms with E-state index < -0.39 is 0 Å². The van der Waals surface area contributed by atoms with Gasteiger partial charge in [0, 0.05) is 11.6 Å². The van der Waals surface area contributed by atoms with Crippen LogP contribution in [0.3, 0.4) is 0 Å². The molecule has 0 fully saturated rings. The molecular formula is C17H13N3O3. The standard InChI is InChI=1S/C17H13N3O3/c21-17(12-6-7-14-15(8-12)23-10-22-14)18-16-9-13(19-20-16)11-4-2-1-3-5-11/h1-9H,10H2,(H2,18,19,20,21). The van der Waals surface area contributed by atoms with Crippen LogP contribution in [-0.4, -0.2) is 22.9 Å². The molecular weight excluding hydrogens is 294 g/mol. The van der Waals surface area contributed by atoms with Gasteiger partial charge in [0.15, 0.2) is 17.3 Å². The van der Waals surface area contributed by atoms with Gasteiger partial charge in [-0.3, -0.25) is 9.89 Å². The number of hydrogen-bond acceptors (Lipinski definition) is 4. The average molecular weight is 307 g/mol. The zero-order valence-corrected chi connectivity index (χ0v) is 12.1. The van der Waals surface area contributed by atoms with Gasteiger partial charge in [-0.1, -0.05) is 30.3 Å². The molecule has 23 heavy (non-hydrogen) atoms. The summed E-state index contributed by atoms with van der Waals surface area (Å²) in [5.74, 6) is 1.43. The Morgan fingerprint density at radius 1 is 1.04 bits per heavy atom. The third-order valence-electron chi connectivity index (χ3n) is 3.54.